The van der Waals surface area contributed by atoms with Gasteiger partial charge in [0.25, 0.3) is 0 Å². The van der Waals surface area contributed by atoms with Gasteiger partial charge in [-0.15, -0.1) is 0 Å². The van der Waals surface area contributed by atoms with Crippen LogP contribution in [0.2, 0.25) is 0 Å². The van der Waals surface area contributed by atoms with Gasteiger partial charge >= 0.3 is 0 Å². The Morgan fingerprint density at radius 1 is 0.955 bits per heavy atom. The topological polar surface area (TPSA) is 28.5 Å². The molecule has 0 radical (unpaired) electrons. The minimum atomic E-state index is 0.0640. The average Bonchev–Trinajstić information content (AvgIpc) is 2.54. The molecule has 0 aliphatic carbocycles. The molecule has 2 aromatic carbocycles. The van der Waals surface area contributed by atoms with Crippen LogP contribution in [0.3, 0.4) is 0 Å². The minimum Gasteiger partial charge on any atom is -0.357 e. The highest BCUT2D eigenvalue weighted by atomic mass is 32.1. The van der Waals surface area contributed by atoms with Gasteiger partial charge < -0.3 is 15.5 Å². The molecule has 0 aliphatic heterocycles. The van der Waals surface area contributed by atoms with Crippen LogP contribution in [-0.2, 0) is 0 Å². The fourth-order valence-electron chi connectivity index (χ4n) is 2.26. The van der Waals surface area contributed by atoms with Crippen LogP contribution in [0.5, 0.6) is 0 Å². The van der Waals surface area contributed by atoms with Crippen molar-refractivity contribution in [3.05, 3.63) is 71.8 Å². The zero-order valence-electron chi connectivity index (χ0n) is 13.2. The third kappa shape index (κ3) is 5.13. The van der Waals surface area contributed by atoms with Crippen LogP contribution in [0.15, 0.2) is 60.7 Å². The lowest BCUT2D eigenvalue weighted by atomic mass is 9.99. The molecule has 3 N–H and O–H groups in total. The minimum absolute atomic E-state index is 0.0640. The molecule has 116 valence electrons. The first kappa shape index (κ1) is 16.5. The SMILES string of the molecule is C[NH+](C)CCNC(=S)NC(c1ccccc1)c1ccccc1. The number of likely N-dealkylation sites (N-methyl/N-ethyl adjacent to an activating group) is 1. The highest BCUT2D eigenvalue weighted by Gasteiger charge is 2.14. The zero-order valence-corrected chi connectivity index (χ0v) is 14.0. The third-order valence-corrected chi connectivity index (χ3v) is 3.71. The second kappa shape index (κ2) is 8.51. The zero-order chi connectivity index (χ0) is 15.8. The average molecular weight is 314 g/mol. The van der Waals surface area contributed by atoms with Gasteiger partial charge in [-0.1, -0.05) is 60.7 Å². The Labute approximate surface area is 138 Å². The van der Waals surface area contributed by atoms with Gasteiger partial charge in [-0.05, 0) is 23.3 Å². The van der Waals surface area contributed by atoms with E-state index in [1.807, 2.05) is 12.1 Å². The molecule has 0 aromatic heterocycles. The summed E-state index contributed by atoms with van der Waals surface area (Å²) in [4.78, 5) is 1.40. The number of hydrogen-bond donors (Lipinski definition) is 3. The van der Waals surface area contributed by atoms with Crippen molar-refractivity contribution in [3.8, 4) is 0 Å². The quantitative estimate of drug-likeness (QED) is 0.704. The van der Waals surface area contributed by atoms with E-state index in [1.165, 1.54) is 16.0 Å². The van der Waals surface area contributed by atoms with E-state index in [0.717, 1.165) is 13.1 Å². The Morgan fingerprint density at radius 3 is 1.91 bits per heavy atom. The summed E-state index contributed by atoms with van der Waals surface area (Å²) in [6.45, 7) is 1.90. The summed E-state index contributed by atoms with van der Waals surface area (Å²) in [6, 6.07) is 20.8. The van der Waals surface area contributed by atoms with Crippen molar-refractivity contribution in [1.29, 1.82) is 0 Å². The summed E-state index contributed by atoms with van der Waals surface area (Å²) in [6.07, 6.45) is 0. The van der Waals surface area contributed by atoms with Crippen molar-refractivity contribution < 1.29 is 4.90 Å². The number of hydrogen-bond acceptors (Lipinski definition) is 1. The molecule has 0 unspecified atom stereocenters. The van der Waals surface area contributed by atoms with Gasteiger partial charge in [0.2, 0.25) is 0 Å². The van der Waals surface area contributed by atoms with Gasteiger partial charge in [-0.3, -0.25) is 0 Å². The van der Waals surface area contributed by atoms with Crippen molar-refractivity contribution in [2.45, 2.75) is 6.04 Å². The van der Waals surface area contributed by atoms with Crippen LogP contribution < -0.4 is 15.5 Å². The van der Waals surface area contributed by atoms with Crippen molar-refractivity contribution in [2.75, 3.05) is 27.2 Å². The number of nitrogens with one attached hydrogen (secondary N) is 3. The lowest BCUT2D eigenvalue weighted by molar-refractivity contribution is -0.856. The molecule has 4 heteroatoms. The summed E-state index contributed by atoms with van der Waals surface area (Å²) < 4.78 is 0. The molecule has 0 bridgehead atoms. The molecule has 0 amide bonds. The van der Waals surface area contributed by atoms with Crippen LogP contribution in [-0.4, -0.2) is 32.3 Å². The Bertz CT molecular complexity index is 530. The van der Waals surface area contributed by atoms with E-state index in [1.54, 1.807) is 0 Å². The molecule has 3 nitrogen and oxygen atoms in total. The van der Waals surface area contributed by atoms with Crippen LogP contribution in [0.1, 0.15) is 17.2 Å². The van der Waals surface area contributed by atoms with Gasteiger partial charge in [-0.2, -0.15) is 0 Å². The smallest absolute Gasteiger partial charge is 0.167 e. The molecule has 0 spiro atoms. The molecule has 0 fully saturated rings. The Kier molecular flexibility index (Phi) is 6.37. The summed E-state index contributed by atoms with van der Waals surface area (Å²) in [5.74, 6) is 0. The van der Waals surface area contributed by atoms with E-state index < -0.39 is 0 Å². The molecule has 0 aliphatic rings. The summed E-state index contributed by atoms with van der Waals surface area (Å²) in [7, 11) is 4.27. The first-order valence-electron chi connectivity index (χ1n) is 7.60. The predicted molar refractivity (Wildman–Crippen MR) is 96.1 cm³/mol. The van der Waals surface area contributed by atoms with Crippen molar-refractivity contribution >= 4 is 17.3 Å². The monoisotopic (exact) mass is 314 g/mol. The second-order valence-electron chi connectivity index (χ2n) is 5.61. The van der Waals surface area contributed by atoms with Crippen molar-refractivity contribution in [3.63, 3.8) is 0 Å². The number of thiocarbonyl (C=S) groups is 1. The molecular formula is C18H24N3S+. The third-order valence-electron chi connectivity index (χ3n) is 3.45. The molecule has 22 heavy (non-hydrogen) atoms. The van der Waals surface area contributed by atoms with E-state index in [0.29, 0.717) is 5.11 Å². The van der Waals surface area contributed by atoms with E-state index >= 15 is 0 Å². The van der Waals surface area contributed by atoms with Gasteiger partial charge in [-0.25, -0.2) is 0 Å². The van der Waals surface area contributed by atoms with Gasteiger partial charge in [0.1, 0.15) is 0 Å². The largest absolute Gasteiger partial charge is 0.357 e. The van der Waals surface area contributed by atoms with Crippen molar-refractivity contribution in [1.82, 2.24) is 10.6 Å². The van der Waals surface area contributed by atoms with Crippen LogP contribution in [0.25, 0.3) is 0 Å². The predicted octanol–water partition coefficient (Wildman–Crippen LogP) is 1.38. The first-order chi connectivity index (χ1) is 10.7. The second-order valence-corrected chi connectivity index (χ2v) is 6.02. The summed E-state index contributed by atoms with van der Waals surface area (Å²) in [5.41, 5.74) is 2.41. The van der Waals surface area contributed by atoms with Gasteiger partial charge in [0.05, 0.1) is 33.2 Å². The number of rotatable bonds is 6. The molecule has 0 saturated carbocycles. The molecular weight excluding hydrogens is 290 g/mol. The Balaban J connectivity index is 2.08. The molecule has 0 saturated heterocycles. The van der Waals surface area contributed by atoms with Crippen LogP contribution >= 0.6 is 12.2 Å². The Morgan fingerprint density at radius 2 is 1.45 bits per heavy atom. The van der Waals surface area contributed by atoms with Crippen molar-refractivity contribution in [2.24, 2.45) is 0 Å². The Hall–Kier alpha value is -1.91. The fraction of sp³-hybridized carbons (Fsp3) is 0.278. The molecule has 2 rings (SSSR count). The first-order valence-corrected chi connectivity index (χ1v) is 8.01. The highest BCUT2D eigenvalue weighted by molar-refractivity contribution is 7.80. The molecule has 0 atom stereocenters. The lowest BCUT2D eigenvalue weighted by Crippen LogP contribution is -3.06. The fourth-order valence-corrected chi connectivity index (χ4v) is 2.48. The van der Waals surface area contributed by atoms with Gasteiger partial charge in [0.15, 0.2) is 5.11 Å². The summed E-state index contributed by atoms with van der Waals surface area (Å²) in [5, 5.41) is 7.41. The van der Waals surface area contributed by atoms with Gasteiger partial charge in [0, 0.05) is 0 Å². The molecule has 2 aromatic rings. The van der Waals surface area contributed by atoms with Crippen LogP contribution in [0, 0.1) is 0 Å². The molecule has 0 heterocycles. The van der Waals surface area contributed by atoms with E-state index in [2.05, 4.69) is 73.3 Å². The van der Waals surface area contributed by atoms with E-state index in [4.69, 9.17) is 12.2 Å². The van der Waals surface area contributed by atoms with E-state index in [9.17, 15) is 0 Å². The number of benzene rings is 2. The summed E-state index contributed by atoms with van der Waals surface area (Å²) >= 11 is 5.45. The standard InChI is InChI=1S/C18H23N3S/c1-21(2)14-13-19-18(22)20-17(15-9-5-3-6-10-15)16-11-7-4-8-12-16/h3-12,17H,13-14H2,1-2H3,(H2,19,20,22)/p+1. The maximum Gasteiger partial charge on any atom is 0.167 e. The normalized spacial score (nSPS) is 10.7. The van der Waals surface area contributed by atoms with E-state index in [-0.39, 0.29) is 6.04 Å². The maximum absolute atomic E-state index is 5.45. The highest BCUT2D eigenvalue weighted by Crippen LogP contribution is 2.21. The number of quaternary nitrogens is 1. The maximum atomic E-state index is 5.45. The van der Waals surface area contributed by atoms with Crippen LogP contribution in [0.4, 0.5) is 0 Å². The lowest BCUT2D eigenvalue weighted by Gasteiger charge is -2.22.